The third kappa shape index (κ3) is 4.67. The molecular weight excluding hydrogens is 417 g/mol. The highest BCUT2D eigenvalue weighted by Crippen LogP contribution is 2.38. The van der Waals surface area contributed by atoms with Crippen LogP contribution in [0.2, 0.25) is 0 Å². The molecule has 1 aromatic heterocycles. The van der Waals surface area contributed by atoms with Gasteiger partial charge in [-0.1, -0.05) is 72.8 Å². The van der Waals surface area contributed by atoms with Gasteiger partial charge in [-0.05, 0) is 41.3 Å². The Bertz CT molecular complexity index is 1270. The van der Waals surface area contributed by atoms with E-state index in [9.17, 15) is 9.18 Å². The second-order valence-electron chi connectivity index (χ2n) is 7.85. The number of nitrogens with zero attached hydrogens (tertiary/aromatic N) is 3. The first kappa shape index (κ1) is 20.6. The van der Waals surface area contributed by atoms with Gasteiger partial charge in [0.1, 0.15) is 5.82 Å². The lowest BCUT2D eigenvalue weighted by atomic mass is 9.93. The molecule has 4 aromatic rings. The largest absolute Gasteiger partial charge is 0.347 e. The lowest BCUT2D eigenvalue weighted by molar-refractivity contribution is -0.111. The van der Waals surface area contributed by atoms with Crippen molar-refractivity contribution in [2.75, 3.05) is 10.6 Å². The molecule has 3 aromatic carbocycles. The van der Waals surface area contributed by atoms with E-state index in [1.807, 2.05) is 41.1 Å². The second kappa shape index (κ2) is 9.08. The highest BCUT2D eigenvalue weighted by molar-refractivity contribution is 6.00. The van der Waals surface area contributed by atoms with Crippen LogP contribution >= 0.6 is 0 Å². The molecule has 2 heterocycles. The minimum Gasteiger partial charge on any atom is -0.347 e. The fourth-order valence-corrected chi connectivity index (χ4v) is 3.98. The Morgan fingerprint density at radius 1 is 0.970 bits per heavy atom. The molecule has 0 saturated carbocycles. The maximum absolute atomic E-state index is 13.0. The molecule has 5 rings (SSSR count). The Balaban J connectivity index is 1.39. The van der Waals surface area contributed by atoms with Crippen molar-refractivity contribution >= 4 is 23.9 Å². The number of hydrogen-bond donors (Lipinski definition) is 2. The molecule has 164 valence electrons. The average molecular weight is 439 g/mol. The first-order chi connectivity index (χ1) is 16.2. The van der Waals surface area contributed by atoms with E-state index in [2.05, 4.69) is 45.0 Å². The van der Waals surface area contributed by atoms with Crippen LogP contribution in [-0.4, -0.2) is 20.7 Å². The predicted molar refractivity (Wildman–Crippen MR) is 126 cm³/mol. The Labute approximate surface area is 190 Å². The van der Waals surface area contributed by atoms with Gasteiger partial charge in [0.05, 0.1) is 12.1 Å². The summed E-state index contributed by atoms with van der Waals surface area (Å²) >= 11 is 0. The van der Waals surface area contributed by atoms with Crippen molar-refractivity contribution in [3.8, 4) is 0 Å². The van der Waals surface area contributed by atoms with Crippen LogP contribution in [0.4, 0.5) is 16.3 Å². The Morgan fingerprint density at radius 2 is 1.64 bits per heavy atom. The van der Waals surface area contributed by atoms with Crippen LogP contribution in [0.15, 0.2) is 91.0 Å². The van der Waals surface area contributed by atoms with Crippen molar-refractivity contribution in [1.82, 2.24) is 14.8 Å². The zero-order valence-electron chi connectivity index (χ0n) is 17.7. The summed E-state index contributed by atoms with van der Waals surface area (Å²) in [6.07, 6.45) is 3.78. The standard InChI is InChI=1S/C26H22FN5O/c27-21-14-11-18(12-15-21)13-16-24(33)29-25-30-26-28-22(19-7-3-1-4-8-19)17-23(32(26)31-25)20-9-5-2-6-10-20/h1-16,22-23H,17H2,(H2,28,29,30,31,33). The van der Waals surface area contributed by atoms with E-state index in [1.54, 1.807) is 18.2 Å². The third-order valence-electron chi connectivity index (χ3n) is 5.61. The Morgan fingerprint density at radius 3 is 2.33 bits per heavy atom. The lowest BCUT2D eigenvalue weighted by Gasteiger charge is -2.31. The molecule has 0 fully saturated rings. The summed E-state index contributed by atoms with van der Waals surface area (Å²) in [5.74, 6) is 0.138. The van der Waals surface area contributed by atoms with E-state index in [0.717, 1.165) is 17.5 Å². The molecular formula is C26H22FN5O. The summed E-state index contributed by atoms with van der Waals surface area (Å²) in [6.45, 7) is 0. The second-order valence-corrected chi connectivity index (χ2v) is 7.85. The SMILES string of the molecule is O=C(C=Cc1ccc(F)cc1)Nc1nc2n(n1)C(c1ccccc1)CC(c1ccccc1)N2. The number of rotatable bonds is 5. The molecule has 1 amide bonds. The maximum atomic E-state index is 13.0. The number of carbonyl (C=O) groups excluding carboxylic acids is 1. The summed E-state index contributed by atoms with van der Waals surface area (Å²) in [4.78, 5) is 17.0. The van der Waals surface area contributed by atoms with Gasteiger partial charge in [0.25, 0.3) is 11.9 Å². The van der Waals surface area contributed by atoms with Gasteiger partial charge in [-0.15, -0.1) is 5.10 Å². The zero-order chi connectivity index (χ0) is 22.6. The number of carbonyl (C=O) groups is 1. The first-order valence-electron chi connectivity index (χ1n) is 10.7. The van der Waals surface area contributed by atoms with Crippen molar-refractivity contribution in [2.45, 2.75) is 18.5 Å². The van der Waals surface area contributed by atoms with Crippen molar-refractivity contribution < 1.29 is 9.18 Å². The highest BCUT2D eigenvalue weighted by atomic mass is 19.1. The summed E-state index contributed by atoms with van der Waals surface area (Å²) in [5, 5.41) is 10.7. The summed E-state index contributed by atoms with van der Waals surface area (Å²) in [5.41, 5.74) is 3.01. The summed E-state index contributed by atoms with van der Waals surface area (Å²) in [6, 6.07) is 26.3. The smallest absolute Gasteiger partial charge is 0.250 e. The van der Waals surface area contributed by atoms with E-state index >= 15 is 0 Å². The molecule has 0 spiro atoms. The van der Waals surface area contributed by atoms with Crippen molar-refractivity contribution in [1.29, 1.82) is 0 Å². The van der Waals surface area contributed by atoms with E-state index in [0.29, 0.717) is 5.95 Å². The Hall–Kier alpha value is -4.26. The van der Waals surface area contributed by atoms with Crippen molar-refractivity contribution in [3.63, 3.8) is 0 Å². The van der Waals surface area contributed by atoms with Crippen molar-refractivity contribution in [2.24, 2.45) is 0 Å². The van der Waals surface area contributed by atoms with Gasteiger partial charge in [0.2, 0.25) is 5.95 Å². The van der Waals surface area contributed by atoms with Gasteiger partial charge in [0.15, 0.2) is 0 Å². The van der Waals surface area contributed by atoms with Crippen LogP contribution in [0.1, 0.15) is 35.2 Å². The van der Waals surface area contributed by atoms with Crippen LogP contribution in [0.5, 0.6) is 0 Å². The topological polar surface area (TPSA) is 71.8 Å². The van der Waals surface area contributed by atoms with Gasteiger partial charge in [-0.25, -0.2) is 9.07 Å². The fraction of sp³-hybridized carbons (Fsp3) is 0.115. The molecule has 0 aliphatic carbocycles. The minimum atomic E-state index is -0.363. The van der Waals surface area contributed by atoms with Gasteiger partial charge in [-0.3, -0.25) is 10.1 Å². The lowest BCUT2D eigenvalue weighted by Crippen LogP contribution is -2.28. The number of anilines is 2. The molecule has 0 bridgehead atoms. The molecule has 0 saturated heterocycles. The maximum Gasteiger partial charge on any atom is 0.250 e. The van der Waals surface area contributed by atoms with Crippen LogP contribution < -0.4 is 10.6 Å². The number of halogens is 1. The molecule has 0 radical (unpaired) electrons. The van der Waals surface area contributed by atoms with E-state index in [1.165, 1.54) is 23.8 Å². The number of benzene rings is 3. The monoisotopic (exact) mass is 439 g/mol. The Kier molecular flexibility index (Phi) is 5.68. The van der Waals surface area contributed by atoms with Crippen LogP contribution in [0.3, 0.4) is 0 Å². The number of nitrogens with one attached hydrogen (secondary N) is 2. The van der Waals surface area contributed by atoms with Gasteiger partial charge in [-0.2, -0.15) is 4.98 Å². The quantitative estimate of drug-likeness (QED) is 0.419. The molecule has 1 aliphatic heterocycles. The molecule has 33 heavy (non-hydrogen) atoms. The number of aromatic nitrogens is 3. The average Bonchev–Trinajstić information content (AvgIpc) is 3.26. The predicted octanol–water partition coefficient (Wildman–Crippen LogP) is 5.22. The van der Waals surface area contributed by atoms with Crippen LogP contribution in [0.25, 0.3) is 6.08 Å². The van der Waals surface area contributed by atoms with Crippen molar-refractivity contribution in [3.05, 3.63) is 114 Å². The minimum absolute atomic E-state index is 0.0273. The van der Waals surface area contributed by atoms with E-state index < -0.39 is 0 Å². The van der Waals surface area contributed by atoms with E-state index in [4.69, 9.17) is 0 Å². The zero-order valence-corrected chi connectivity index (χ0v) is 17.7. The van der Waals surface area contributed by atoms with Crippen LogP contribution in [-0.2, 0) is 4.79 Å². The van der Waals surface area contributed by atoms with Crippen LogP contribution in [0, 0.1) is 5.82 Å². The van der Waals surface area contributed by atoms with E-state index in [-0.39, 0.29) is 29.8 Å². The molecule has 6 nitrogen and oxygen atoms in total. The summed E-state index contributed by atoms with van der Waals surface area (Å²) < 4.78 is 14.9. The van der Waals surface area contributed by atoms with Gasteiger partial charge < -0.3 is 5.32 Å². The molecule has 7 heteroatoms. The first-order valence-corrected chi connectivity index (χ1v) is 10.7. The van der Waals surface area contributed by atoms with Gasteiger partial charge in [0, 0.05) is 6.08 Å². The number of amides is 1. The fourth-order valence-electron chi connectivity index (χ4n) is 3.98. The highest BCUT2D eigenvalue weighted by Gasteiger charge is 2.31. The third-order valence-corrected chi connectivity index (χ3v) is 5.61. The molecule has 1 aliphatic rings. The van der Waals surface area contributed by atoms with Gasteiger partial charge >= 0.3 is 0 Å². The number of fused-ring (bicyclic) bond motifs is 1. The molecule has 2 unspecified atom stereocenters. The molecule has 2 atom stereocenters. The summed E-state index contributed by atoms with van der Waals surface area (Å²) in [7, 11) is 0. The number of hydrogen-bond acceptors (Lipinski definition) is 4. The molecule has 2 N–H and O–H groups in total. The normalized spacial score (nSPS) is 17.4.